The van der Waals surface area contributed by atoms with Gasteiger partial charge in [0.2, 0.25) is 0 Å². The number of hydrogen-bond acceptors (Lipinski definition) is 1. The Hall–Kier alpha value is -3.13. The van der Waals surface area contributed by atoms with Gasteiger partial charge in [-0.2, -0.15) is 5.10 Å². The predicted molar refractivity (Wildman–Crippen MR) is 108 cm³/mol. The number of nitrogens with zero attached hydrogens (tertiary/aromatic N) is 2. The lowest BCUT2D eigenvalue weighted by atomic mass is 10.1. The monoisotopic (exact) mass is 338 g/mol. The van der Waals surface area contributed by atoms with Crippen LogP contribution < -0.4 is 0 Å². The van der Waals surface area contributed by atoms with E-state index in [0.717, 1.165) is 23.5 Å². The van der Waals surface area contributed by atoms with Crippen LogP contribution in [-0.2, 0) is 6.54 Å². The van der Waals surface area contributed by atoms with Gasteiger partial charge in [-0.1, -0.05) is 90.0 Å². The molecular formula is C24H22N2. The summed E-state index contributed by atoms with van der Waals surface area (Å²) >= 11 is 0. The Labute approximate surface area is 154 Å². The van der Waals surface area contributed by atoms with Gasteiger partial charge in [0.15, 0.2) is 0 Å². The second kappa shape index (κ2) is 7.01. The van der Waals surface area contributed by atoms with Crippen molar-refractivity contribution in [2.45, 2.75) is 20.4 Å². The second-order valence-electron chi connectivity index (χ2n) is 6.79. The molecule has 0 spiro atoms. The molecule has 1 heterocycles. The van der Waals surface area contributed by atoms with E-state index in [1.807, 2.05) is 6.07 Å². The maximum absolute atomic E-state index is 4.92. The molecule has 4 rings (SSSR count). The normalized spacial score (nSPS) is 10.8. The first-order valence-corrected chi connectivity index (χ1v) is 8.95. The Kier molecular flexibility index (Phi) is 4.40. The molecule has 0 saturated heterocycles. The minimum absolute atomic E-state index is 0.760. The van der Waals surface area contributed by atoms with Crippen LogP contribution in [0.5, 0.6) is 0 Å². The van der Waals surface area contributed by atoms with Gasteiger partial charge in [-0.15, -0.1) is 0 Å². The molecule has 0 N–H and O–H groups in total. The Morgan fingerprint density at radius 3 is 1.88 bits per heavy atom. The zero-order chi connectivity index (χ0) is 17.9. The number of hydrogen-bond donors (Lipinski definition) is 0. The van der Waals surface area contributed by atoms with Crippen LogP contribution in [0.2, 0.25) is 0 Å². The van der Waals surface area contributed by atoms with Crippen molar-refractivity contribution in [3.8, 4) is 22.5 Å². The largest absolute Gasteiger partial charge is 0.260 e. The lowest BCUT2D eigenvalue weighted by Gasteiger charge is -2.08. The van der Waals surface area contributed by atoms with Crippen molar-refractivity contribution in [1.29, 1.82) is 0 Å². The lowest BCUT2D eigenvalue weighted by molar-refractivity contribution is 0.697. The van der Waals surface area contributed by atoms with E-state index in [2.05, 4.69) is 97.4 Å². The molecule has 1 aromatic heterocycles. The van der Waals surface area contributed by atoms with Gasteiger partial charge in [0.25, 0.3) is 0 Å². The first-order valence-electron chi connectivity index (χ1n) is 8.95. The highest BCUT2D eigenvalue weighted by molar-refractivity contribution is 5.69. The minimum Gasteiger partial charge on any atom is -0.260 e. The Bertz CT molecular complexity index is 995. The number of aromatic nitrogens is 2. The summed E-state index contributed by atoms with van der Waals surface area (Å²) in [4.78, 5) is 0. The maximum atomic E-state index is 4.92. The fourth-order valence-electron chi connectivity index (χ4n) is 3.12. The van der Waals surface area contributed by atoms with Gasteiger partial charge >= 0.3 is 0 Å². The van der Waals surface area contributed by atoms with Crippen molar-refractivity contribution in [2.24, 2.45) is 0 Å². The molecule has 0 amide bonds. The Morgan fingerprint density at radius 1 is 0.692 bits per heavy atom. The van der Waals surface area contributed by atoms with E-state index in [9.17, 15) is 0 Å². The molecule has 3 aromatic carbocycles. The fourth-order valence-corrected chi connectivity index (χ4v) is 3.12. The van der Waals surface area contributed by atoms with Crippen molar-refractivity contribution in [2.75, 3.05) is 0 Å². The highest BCUT2D eigenvalue weighted by atomic mass is 15.3. The zero-order valence-corrected chi connectivity index (χ0v) is 15.2. The highest BCUT2D eigenvalue weighted by Gasteiger charge is 2.12. The van der Waals surface area contributed by atoms with Crippen LogP contribution in [0, 0.1) is 13.8 Å². The summed E-state index contributed by atoms with van der Waals surface area (Å²) in [5.41, 5.74) is 8.27. The molecule has 2 nitrogen and oxygen atoms in total. The zero-order valence-electron chi connectivity index (χ0n) is 15.2. The number of rotatable bonds is 4. The highest BCUT2D eigenvalue weighted by Crippen LogP contribution is 2.27. The van der Waals surface area contributed by atoms with E-state index in [-0.39, 0.29) is 0 Å². The van der Waals surface area contributed by atoms with E-state index >= 15 is 0 Å². The van der Waals surface area contributed by atoms with Gasteiger partial charge in [0.1, 0.15) is 0 Å². The summed E-state index contributed by atoms with van der Waals surface area (Å²) < 4.78 is 2.11. The van der Waals surface area contributed by atoms with E-state index in [4.69, 9.17) is 5.10 Å². The van der Waals surface area contributed by atoms with E-state index in [0.29, 0.717) is 0 Å². The van der Waals surface area contributed by atoms with Crippen molar-refractivity contribution in [1.82, 2.24) is 9.78 Å². The van der Waals surface area contributed by atoms with Crippen LogP contribution in [0.1, 0.15) is 16.7 Å². The molecule has 0 unspecified atom stereocenters. The average molecular weight is 338 g/mol. The topological polar surface area (TPSA) is 17.8 Å². The molecule has 128 valence electrons. The van der Waals surface area contributed by atoms with E-state index in [1.54, 1.807) is 0 Å². The van der Waals surface area contributed by atoms with Crippen molar-refractivity contribution in [3.05, 3.63) is 102 Å². The van der Waals surface area contributed by atoms with E-state index < -0.39 is 0 Å². The van der Waals surface area contributed by atoms with E-state index in [1.165, 1.54) is 22.3 Å². The molecule has 0 aliphatic heterocycles. The summed E-state index contributed by atoms with van der Waals surface area (Å²) in [5.74, 6) is 0. The van der Waals surface area contributed by atoms with Crippen LogP contribution in [0.4, 0.5) is 0 Å². The SMILES string of the molecule is Cc1ccc(-c2cc(-c3ccc(C)cc3)n(Cc3ccccc3)n2)cc1. The third kappa shape index (κ3) is 3.45. The van der Waals surface area contributed by atoms with Crippen molar-refractivity contribution in [3.63, 3.8) is 0 Å². The van der Waals surface area contributed by atoms with Crippen LogP contribution in [0.3, 0.4) is 0 Å². The van der Waals surface area contributed by atoms with Gasteiger partial charge in [-0.05, 0) is 31.0 Å². The third-order valence-electron chi connectivity index (χ3n) is 4.65. The van der Waals surface area contributed by atoms with Gasteiger partial charge in [0, 0.05) is 5.56 Å². The molecule has 0 aliphatic rings. The summed E-state index contributed by atoms with van der Waals surface area (Å²) in [6, 6.07) is 29.9. The molecular weight excluding hydrogens is 316 g/mol. The number of aryl methyl sites for hydroxylation is 2. The molecule has 0 saturated carbocycles. The van der Waals surface area contributed by atoms with Gasteiger partial charge in [-0.25, -0.2) is 0 Å². The van der Waals surface area contributed by atoms with Crippen molar-refractivity contribution < 1.29 is 0 Å². The molecule has 0 radical (unpaired) electrons. The van der Waals surface area contributed by atoms with Gasteiger partial charge < -0.3 is 0 Å². The van der Waals surface area contributed by atoms with Crippen LogP contribution >= 0.6 is 0 Å². The van der Waals surface area contributed by atoms with Gasteiger partial charge in [-0.3, -0.25) is 4.68 Å². The summed E-state index contributed by atoms with van der Waals surface area (Å²) in [6.07, 6.45) is 0. The molecule has 0 aliphatic carbocycles. The standard InChI is InChI=1S/C24H22N2/c1-18-8-12-21(13-9-18)23-16-24(22-14-10-19(2)11-15-22)26(25-23)17-20-6-4-3-5-7-20/h3-16H,17H2,1-2H3. The fraction of sp³-hybridized carbons (Fsp3) is 0.125. The quantitative estimate of drug-likeness (QED) is 0.454. The van der Waals surface area contributed by atoms with Crippen LogP contribution in [0.15, 0.2) is 84.9 Å². The first-order chi connectivity index (χ1) is 12.7. The predicted octanol–water partition coefficient (Wildman–Crippen LogP) is 5.88. The molecule has 4 aromatic rings. The van der Waals surface area contributed by atoms with Gasteiger partial charge in [0.05, 0.1) is 17.9 Å². The first kappa shape index (κ1) is 16.3. The molecule has 0 bridgehead atoms. The molecule has 2 heteroatoms. The van der Waals surface area contributed by atoms with Crippen LogP contribution in [0.25, 0.3) is 22.5 Å². The second-order valence-corrected chi connectivity index (χ2v) is 6.79. The minimum atomic E-state index is 0.760. The third-order valence-corrected chi connectivity index (χ3v) is 4.65. The Morgan fingerprint density at radius 2 is 1.27 bits per heavy atom. The summed E-state index contributed by atoms with van der Waals surface area (Å²) in [6.45, 7) is 4.98. The molecule has 0 fully saturated rings. The van der Waals surface area contributed by atoms with Crippen molar-refractivity contribution >= 4 is 0 Å². The summed E-state index contributed by atoms with van der Waals surface area (Å²) in [7, 11) is 0. The average Bonchev–Trinajstić information content (AvgIpc) is 3.07. The Balaban J connectivity index is 1.79. The maximum Gasteiger partial charge on any atom is 0.0929 e. The molecule has 0 atom stereocenters. The smallest absolute Gasteiger partial charge is 0.0929 e. The number of benzene rings is 3. The summed E-state index contributed by atoms with van der Waals surface area (Å²) in [5, 5.41) is 4.92. The lowest BCUT2D eigenvalue weighted by Crippen LogP contribution is -2.03. The van der Waals surface area contributed by atoms with Crippen LogP contribution in [-0.4, -0.2) is 9.78 Å². The molecule has 26 heavy (non-hydrogen) atoms.